The molecular weight excluding hydrogens is 374 g/mol. The summed E-state index contributed by atoms with van der Waals surface area (Å²) in [6, 6.07) is 9.39. The molecule has 8 nitrogen and oxygen atoms in total. The monoisotopic (exact) mass is 393 g/mol. The van der Waals surface area contributed by atoms with Gasteiger partial charge in [0.05, 0.1) is 4.90 Å². The summed E-state index contributed by atoms with van der Waals surface area (Å²) in [5.74, 6) is 1.99. The molecule has 2 aliphatic rings. The Morgan fingerprint density at radius 2 is 1.59 bits per heavy atom. The molecular formula is C18H19NO7S. The van der Waals surface area contributed by atoms with Crippen LogP contribution in [0.5, 0.6) is 23.0 Å². The third-order valence-corrected chi connectivity index (χ3v) is 5.82. The van der Waals surface area contributed by atoms with Crippen LogP contribution in [0.3, 0.4) is 0 Å². The number of aliphatic hydroxyl groups is 1. The third-order valence-electron chi connectivity index (χ3n) is 4.42. The highest BCUT2D eigenvalue weighted by atomic mass is 32.2. The van der Waals surface area contributed by atoms with Crippen molar-refractivity contribution in [3.05, 3.63) is 42.0 Å². The van der Waals surface area contributed by atoms with Gasteiger partial charge in [-0.1, -0.05) is 6.07 Å². The first-order valence-electron chi connectivity index (χ1n) is 8.37. The van der Waals surface area contributed by atoms with Gasteiger partial charge in [0.15, 0.2) is 23.0 Å². The molecule has 2 N–H and O–H groups in total. The van der Waals surface area contributed by atoms with Gasteiger partial charge in [-0.15, -0.1) is 0 Å². The number of ether oxygens (including phenoxy) is 4. The summed E-state index contributed by atoms with van der Waals surface area (Å²) < 4.78 is 49.1. The summed E-state index contributed by atoms with van der Waals surface area (Å²) in [4.78, 5) is 0.0354. The fraction of sp³-hybridized carbons (Fsp3) is 0.333. The molecule has 2 aromatic rings. The molecule has 0 fully saturated rings. The highest BCUT2D eigenvalue weighted by Crippen LogP contribution is 2.36. The van der Waals surface area contributed by atoms with E-state index in [1.165, 1.54) is 19.1 Å². The topological polar surface area (TPSA) is 103 Å². The van der Waals surface area contributed by atoms with Crippen LogP contribution in [-0.2, 0) is 15.6 Å². The molecule has 0 radical (unpaired) electrons. The van der Waals surface area contributed by atoms with Crippen LogP contribution < -0.4 is 23.7 Å². The lowest BCUT2D eigenvalue weighted by Gasteiger charge is -2.25. The first-order chi connectivity index (χ1) is 12.9. The van der Waals surface area contributed by atoms with E-state index in [9.17, 15) is 13.5 Å². The Labute approximate surface area is 156 Å². The average molecular weight is 393 g/mol. The zero-order chi connectivity index (χ0) is 19.1. The van der Waals surface area contributed by atoms with E-state index >= 15 is 0 Å². The molecule has 0 spiro atoms. The molecule has 2 aromatic carbocycles. The Balaban J connectivity index is 1.51. The molecule has 1 atom stereocenters. The van der Waals surface area contributed by atoms with Crippen molar-refractivity contribution in [2.75, 3.05) is 26.6 Å². The van der Waals surface area contributed by atoms with E-state index in [1.54, 1.807) is 24.3 Å². The molecule has 9 heteroatoms. The van der Waals surface area contributed by atoms with Gasteiger partial charge in [0.2, 0.25) is 16.8 Å². The van der Waals surface area contributed by atoms with E-state index < -0.39 is 15.6 Å². The molecule has 0 bridgehead atoms. The number of nitrogens with one attached hydrogen (secondary N) is 1. The van der Waals surface area contributed by atoms with Gasteiger partial charge < -0.3 is 24.1 Å². The van der Waals surface area contributed by atoms with Crippen molar-refractivity contribution in [1.82, 2.24) is 4.72 Å². The Morgan fingerprint density at radius 3 is 2.41 bits per heavy atom. The molecule has 2 heterocycles. The maximum atomic E-state index is 12.6. The minimum atomic E-state index is -3.85. The van der Waals surface area contributed by atoms with Crippen LogP contribution in [0.1, 0.15) is 12.5 Å². The van der Waals surface area contributed by atoms with E-state index in [0.29, 0.717) is 41.8 Å². The molecule has 4 rings (SSSR count). The molecule has 27 heavy (non-hydrogen) atoms. The van der Waals surface area contributed by atoms with Crippen molar-refractivity contribution < 1.29 is 32.5 Å². The lowest BCUT2D eigenvalue weighted by molar-refractivity contribution is 0.0625. The average Bonchev–Trinajstić information content (AvgIpc) is 3.14. The fourth-order valence-corrected chi connectivity index (χ4v) is 3.99. The van der Waals surface area contributed by atoms with Crippen LogP contribution >= 0.6 is 0 Å². The van der Waals surface area contributed by atoms with Crippen LogP contribution in [0.25, 0.3) is 0 Å². The summed E-state index contributed by atoms with van der Waals surface area (Å²) in [6.07, 6.45) is 0. The second-order valence-electron chi connectivity index (χ2n) is 6.47. The highest BCUT2D eigenvalue weighted by Gasteiger charge is 2.29. The van der Waals surface area contributed by atoms with Crippen molar-refractivity contribution in [2.24, 2.45) is 0 Å². The Hall–Kier alpha value is -2.49. The summed E-state index contributed by atoms with van der Waals surface area (Å²) >= 11 is 0. The summed E-state index contributed by atoms with van der Waals surface area (Å²) in [5.41, 5.74) is -0.932. The van der Waals surface area contributed by atoms with Crippen LogP contribution in [-0.4, -0.2) is 40.1 Å². The predicted octanol–water partition coefficient (Wildman–Crippen LogP) is 1.37. The van der Waals surface area contributed by atoms with Crippen molar-refractivity contribution in [1.29, 1.82) is 0 Å². The number of fused-ring (bicyclic) bond motifs is 2. The zero-order valence-electron chi connectivity index (χ0n) is 14.6. The number of sulfonamides is 1. The van der Waals surface area contributed by atoms with Gasteiger partial charge in [-0.25, -0.2) is 13.1 Å². The minimum Gasteiger partial charge on any atom is -0.486 e. The molecule has 144 valence electrons. The van der Waals surface area contributed by atoms with E-state index in [0.717, 1.165) is 0 Å². The molecule has 0 amide bonds. The van der Waals surface area contributed by atoms with E-state index in [1.807, 2.05) is 0 Å². The van der Waals surface area contributed by atoms with Crippen LogP contribution in [0, 0.1) is 0 Å². The maximum absolute atomic E-state index is 12.6. The van der Waals surface area contributed by atoms with E-state index in [2.05, 4.69) is 4.72 Å². The summed E-state index contributed by atoms with van der Waals surface area (Å²) in [5, 5.41) is 10.8. The fourth-order valence-electron chi connectivity index (χ4n) is 2.84. The molecule has 1 unspecified atom stereocenters. The normalized spacial score (nSPS) is 17.4. The van der Waals surface area contributed by atoms with E-state index in [4.69, 9.17) is 18.9 Å². The van der Waals surface area contributed by atoms with Gasteiger partial charge in [0.1, 0.15) is 18.8 Å². The van der Waals surface area contributed by atoms with Crippen molar-refractivity contribution in [3.8, 4) is 23.0 Å². The molecule has 0 saturated carbocycles. The predicted molar refractivity (Wildman–Crippen MR) is 94.8 cm³/mol. The van der Waals surface area contributed by atoms with Crippen molar-refractivity contribution >= 4 is 10.0 Å². The maximum Gasteiger partial charge on any atom is 0.240 e. The summed E-state index contributed by atoms with van der Waals surface area (Å²) in [6.45, 7) is 2.22. The lowest BCUT2D eigenvalue weighted by atomic mass is 9.96. The molecule has 2 aliphatic heterocycles. The van der Waals surface area contributed by atoms with Gasteiger partial charge in [0, 0.05) is 12.6 Å². The van der Waals surface area contributed by atoms with Gasteiger partial charge in [0.25, 0.3) is 0 Å². The van der Waals surface area contributed by atoms with Gasteiger partial charge in [-0.05, 0) is 36.8 Å². The molecule has 0 aliphatic carbocycles. The highest BCUT2D eigenvalue weighted by molar-refractivity contribution is 7.89. The van der Waals surface area contributed by atoms with Crippen molar-refractivity contribution in [2.45, 2.75) is 17.4 Å². The van der Waals surface area contributed by atoms with Crippen LogP contribution in [0.4, 0.5) is 0 Å². The molecule has 0 saturated heterocycles. The number of rotatable bonds is 5. The Kier molecular flexibility index (Phi) is 4.37. The standard InChI is InChI=1S/C18H19NO7S/c1-18(20,12-2-4-15-16(8-12)26-11-25-15)10-19-27(21,22)13-3-5-14-17(9-13)24-7-6-23-14/h2-5,8-9,19-20H,6-7,10-11H2,1H3. The van der Waals surface area contributed by atoms with Gasteiger partial charge >= 0.3 is 0 Å². The smallest absolute Gasteiger partial charge is 0.240 e. The second-order valence-corrected chi connectivity index (χ2v) is 8.24. The first kappa shape index (κ1) is 17.9. The van der Waals surface area contributed by atoms with E-state index in [-0.39, 0.29) is 18.2 Å². The zero-order valence-corrected chi connectivity index (χ0v) is 15.4. The quantitative estimate of drug-likeness (QED) is 0.791. The van der Waals surface area contributed by atoms with Crippen LogP contribution in [0.2, 0.25) is 0 Å². The van der Waals surface area contributed by atoms with Gasteiger partial charge in [-0.3, -0.25) is 0 Å². The lowest BCUT2D eigenvalue weighted by Crippen LogP contribution is -2.38. The largest absolute Gasteiger partial charge is 0.486 e. The Bertz CT molecular complexity index is 972. The van der Waals surface area contributed by atoms with Crippen LogP contribution in [0.15, 0.2) is 41.3 Å². The number of benzene rings is 2. The Morgan fingerprint density at radius 1 is 0.963 bits per heavy atom. The third kappa shape index (κ3) is 3.53. The second kappa shape index (κ2) is 6.59. The molecule has 0 aromatic heterocycles. The number of hydrogen-bond acceptors (Lipinski definition) is 7. The minimum absolute atomic E-state index is 0.0354. The first-order valence-corrected chi connectivity index (χ1v) is 9.85. The SMILES string of the molecule is CC(O)(CNS(=O)(=O)c1ccc2c(c1)OCCO2)c1ccc2c(c1)OCO2. The number of hydrogen-bond donors (Lipinski definition) is 2. The summed E-state index contributed by atoms with van der Waals surface area (Å²) in [7, 11) is -3.85. The van der Waals surface area contributed by atoms with Gasteiger partial charge in [-0.2, -0.15) is 0 Å². The van der Waals surface area contributed by atoms with Crippen molar-refractivity contribution in [3.63, 3.8) is 0 Å².